The maximum Gasteiger partial charge on any atom is 0.199 e. The lowest BCUT2D eigenvalue weighted by Crippen LogP contribution is -2.18. The SMILES string of the molecule is Cc1nc(-c2ncn(C3CCCCO3)n2)ccc1Br.Cc1nc(-c2ncn[nH]2)ccc1Br. The smallest absolute Gasteiger partial charge is 0.199 e. The average molecular weight is 562 g/mol. The molecule has 0 spiro atoms. The maximum atomic E-state index is 5.69. The van der Waals surface area contributed by atoms with E-state index in [1.54, 1.807) is 11.0 Å². The van der Waals surface area contributed by atoms with Gasteiger partial charge in [0.15, 0.2) is 17.9 Å². The lowest BCUT2D eigenvalue weighted by molar-refractivity contribution is -0.0395. The number of hydrogen-bond donors (Lipinski definition) is 1. The molecular formula is C21H22Br2N8O. The van der Waals surface area contributed by atoms with Gasteiger partial charge in [-0.1, -0.05) is 0 Å². The van der Waals surface area contributed by atoms with E-state index >= 15 is 0 Å². The molecule has 0 saturated carbocycles. The lowest BCUT2D eigenvalue weighted by atomic mass is 10.2. The van der Waals surface area contributed by atoms with Crippen molar-refractivity contribution in [3.63, 3.8) is 0 Å². The standard InChI is InChI=1S/C13H15BrN4O.C8H7BrN4/c1-9-10(14)5-6-11(16-9)13-15-8-18(17-13)12-4-2-3-7-19-12;1-5-6(9)2-3-7(12-5)8-10-4-11-13-8/h5-6,8,12H,2-4,7H2,1H3;2-4H,1H3,(H,10,11,13). The Morgan fingerprint density at radius 2 is 1.69 bits per heavy atom. The molecule has 4 aromatic heterocycles. The lowest BCUT2D eigenvalue weighted by Gasteiger charge is -2.21. The first-order valence-electron chi connectivity index (χ1n) is 10.2. The molecule has 1 aliphatic rings. The molecule has 1 saturated heterocycles. The second kappa shape index (κ2) is 10.4. The molecule has 1 unspecified atom stereocenters. The predicted molar refractivity (Wildman–Crippen MR) is 127 cm³/mol. The highest BCUT2D eigenvalue weighted by atomic mass is 79.9. The van der Waals surface area contributed by atoms with Crippen molar-refractivity contribution in [3.05, 3.63) is 57.3 Å². The number of aromatic amines is 1. The van der Waals surface area contributed by atoms with Crippen LogP contribution in [-0.2, 0) is 4.74 Å². The van der Waals surface area contributed by atoms with Crippen LogP contribution in [0.4, 0.5) is 0 Å². The van der Waals surface area contributed by atoms with E-state index in [1.807, 2.05) is 38.1 Å². The Labute approximate surface area is 202 Å². The molecule has 9 nitrogen and oxygen atoms in total. The molecule has 0 aliphatic carbocycles. The predicted octanol–water partition coefficient (Wildman–Crippen LogP) is 5.05. The van der Waals surface area contributed by atoms with Gasteiger partial charge in [-0.15, -0.1) is 5.10 Å². The van der Waals surface area contributed by atoms with E-state index in [-0.39, 0.29) is 6.23 Å². The van der Waals surface area contributed by atoms with Crippen LogP contribution in [0, 0.1) is 13.8 Å². The van der Waals surface area contributed by atoms with Crippen molar-refractivity contribution in [2.45, 2.75) is 39.3 Å². The molecular weight excluding hydrogens is 540 g/mol. The van der Waals surface area contributed by atoms with Crippen molar-refractivity contribution in [2.24, 2.45) is 0 Å². The summed E-state index contributed by atoms with van der Waals surface area (Å²) >= 11 is 6.83. The zero-order valence-electron chi connectivity index (χ0n) is 17.7. The third kappa shape index (κ3) is 5.45. The molecule has 5 rings (SSSR count). The number of aromatic nitrogens is 8. The molecule has 0 bridgehead atoms. The zero-order chi connectivity index (χ0) is 22.5. The molecule has 0 aromatic carbocycles. The summed E-state index contributed by atoms with van der Waals surface area (Å²) in [4.78, 5) is 17.1. The van der Waals surface area contributed by atoms with E-state index in [0.29, 0.717) is 11.6 Å². The number of H-pyrrole nitrogens is 1. The van der Waals surface area contributed by atoms with Crippen molar-refractivity contribution in [1.29, 1.82) is 0 Å². The van der Waals surface area contributed by atoms with Crippen LogP contribution >= 0.6 is 31.9 Å². The maximum absolute atomic E-state index is 5.69. The normalized spacial score (nSPS) is 15.8. The summed E-state index contributed by atoms with van der Waals surface area (Å²) in [7, 11) is 0. The monoisotopic (exact) mass is 560 g/mol. The second-order valence-corrected chi connectivity index (χ2v) is 8.94. The first-order valence-corrected chi connectivity index (χ1v) is 11.7. The molecule has 0 radical (unpaired) electrons. The Kier molecular flexibility index (Phi) is 7.38. The van der Waals surface area contributed by atoms with Crippen molar-refractivity contribution in [2.75, 3.05) is 6.61 Å². The number of ether oxygens (including phenoxy) is 1. The summed E-state index contributed by atoms with van der Waals surface area (Å²) < 4.78 is 9.48. The van der Waals surface area contributed by atoms with E-state index < -0.39 is 0 Å². The summed E-state index contributed by atoms with van der Waals surface area (Å²) in [6.07, 6.45) is 6.52. The highest BCUT2D eigenvalue weighted by molar-refractivity contribution is 9.10. The van der Waals surface area contributed by atoms with Gasteiger partial charge < -0.3 is 4.74 Å². The van der Waals surface area contributed by atoms with Crippen LogP contribution in [0.25, 0.3) is 23.0 Å². The molecule has 4 aromatic rings. The summed E-state index contributed by atoms with van der Waals surface area (Å²) in [5.74, 6) is 1.33. The Hall–Kier alpha value is -2.50. The molecule has 11 heteroatoms. The Morgan fingerprint density at radius 1 is 0.969 bits per heavy atom. The summed E-state index contributed by atoms with van der Waals surface area (Å²) in [5, 5.41) is 11.0. The van der Waals surface area contributed by atoms with Gasteiger partial charge in [-0.2, -0.15) is 5.10 Å². The molecule has 1 aliphatic heterocycles. The van der Waals surface area contributed by atoms with Gasteiger partial charge in [0.1, 0.15) is 24.0 Å². The first kappa shape index (κ1) is 22.7. The van der Waals surface area contributed by atoms with E-state index in [4.69, 9.17) is 4.74 Å². The Morgan fingerprint density at radius 3 is 2.31 bits per heavy atom. The van der Waals surface area contributed by atoms with E-state index in [2.05, 4.69) is 67.1 Å². The highest BCUT2D eigenvalue weighted by Crippen LogP contribution is 2.23. The van der Waals surface area contributed by atoms with Gasteiger partial charge in [-0.05, 0) is 89.2 Å². The molecule has 166 valence electrons. The number of halogens is 2. The number of nitrogens with one attached hydrogen (secondary N) is 1. The van der Waals surface area contributed by atoms with Crippen LogP contribution < -0.4 is 0 Å². The first-order chi connectivity index (χ1) is 15.5. The number of rotatable bonds is 3. The zero-order valence-corrected chi connectivity index (χ0v) is 20.8. The molecule has 32 heavy (non-hydrogen) atoms. The van der Waals surface area contributed by atoms with E-state index in [1.165, 1.54) is 12.7 Å². The van der Waals surface area contributed by atoms with Gasteiger partial charge in [0.2, 0.25) is 0 Å². The fourth-order valence-corrected chi connectivity index (χ4v) is 3.58. The fraction of sp³-hybridized carbons (Fsp3) is 0.333. The van der Waals surface area contributed by atoms with Gasteiger partial charge in [-0.3, -0.25) is 5.10 Å². The van der Waals surface area contributed by atoms with Gasteiger partial charge in [0.25, 0.3) is 0 Å². The number of pyridine rings is 2. The highest BCUT2D eigenvalue weighted by Gasteiger charge is 2.18. The summed E-state index contributed by atoms with van der Waals surface area (Å²) in [6.45, 7) is 4.69. The molecule has 1 atom stereocenters. The van der Waals surface area contributed by atoms with Crippen LogP contribution in [0.15, 0.2) is 45.9 Å². The van der Waals surface area contributed by atoms with Crippen molar-refractivity contribution in [1.82, 2.24) is 39.9 Å². The minimum Gasteiger partial charge on any atom is -0.356 e. The van der Waals surface area contributed by atoms with Gasteiger partial charge in [0.05, 0.1) is 11.4 Å². The number of nitrogens with zero attached hydrogens (tertiary/aromatic N) is 7. The molecule has 1 N–H and O–H groups in total. The van der Waals surface area contributed by atoms with Crippen molar-refractivity contribution < 1.29 is 4.74 Å². The topological polar surface area (TPSA) is 107 Å². The average Bonchev–Trinajstić information content (AvgIpc) is 3.51. The van der Waals surface area contributed by atoms with Crippen LogP contribution in [0.3, 0.4) is 0 Å². The summed E-state index contributed by atoms with van der Waals surface area (Å²) in [6, 6.07) is 7.71. The largest absolute Gasteiger partial charge is 0.356 e. The Balaban J connectivity index is 0.000000165. The minimum atomic E-state index is 0.0199. The number of aryl methyl sites for hydroxylation is 2. The molecule has 1 fully saturated rings. The van der Waals surface area contributed by atoms with E-state index in [9.17, 15) is 0 Å². The van der Waals surface area contributed by atoms with Gasteiger partial charge in [-0.25, -0.2) is 24.6 Å². The minimum absolute atomic E-state index is 0.0199. The van der Waals surface area contributed by atoms with Crippen LogP contribution in [0.1, 0.15) is 36.9 Å². The van der Waals surface area contributed by atoms with Crippen LogP contribution in [0.2, 0.25) is 0 Å². The van der Waals surface area contributed by atoms with Crippen molar-refractivity contribution in [3.8, 4) is 23.0 Å². The summed E-state index contributed by atoms with van der Waals surface area (Å²) in [5.41, 5.74) is 3.46. The van der Waals surface area contributed by atoms with Crippen LogP contribution in [-0.4, -0.2) is 46.5 Å². The van der Waals surface area contributed by atoms with Gasteiger partial charge in [0, 0.05) is 15.6 Å². The van der Waals surface area contributed by atoms with Crippen LogP contribution in [0.5, 0.6) is 0 Å². The number of hydrogen-bond acceptors (Lipinski definition) is 7. The molecule has 5 heterocycles. The Bertz CT molecular complexity index is 1170. The third-order valence-corrected chi connectivity index (χ3v) is 6.56. The molecule has 0 amide bonds. The second-order valence-electron chi connectivity index (χ2n) is 7.23. The van der Waals surface area contributed by atoms with E-state index in [0.717, 1.165) is 51.2 Å². The van der Waals surface area contributed by atoms with Crippen molar-refractivity contribution >= 4 is 31.9 Å². The fourth-order valence-electron chi connectivity index (χ4n) is 3.14. The third-order valence-electron chi connectivity index (χ3n) is 4.89. The quantitative estimate of drug-likeness (QED) is 0.373. The van der Waals surface area contributed by atoms with Gasteiger partial charge >= 0.3 is 0 Å².